The summed E-state index contributed by atoms with van der Waals surface area (Å²) in [6.07, 6.45) is -5.56. The third-order valence-electron chi connectivity index (χ3n) is 5.86. The Morgan fingerprint density at radius 3 is 2.24 bits per heavy atom. The molecule has 1 aliphatic rings. The summed E-state index contributed by atoms with van der Waals surface area (Å²) in [5.74, 6) is -0.323. The van der Waals surface area contributed by atoms with Crippen molar-refractivity contribution in [2.24, 2.45) is 0 Å². The fraction of sp³-hybridized carbons (Fsp3) is 0.308. The highest BCUT2D eigenvalue weighted by Crippen LogP contribution is 2.37. The Morgan fingerprint density at radius 1 is 0.909 bits per heavy atom. The van der Waals surface area contributed by atoms with E-state index in [9.17, 15) is 18.3 Å². The van der Waals surface area contributed by atoms with Crippen LogP contribution in [0.5, 0.6) is 5.75 Å². The number of ether oxygens (including phenoxy) is 2. The van der Waals surface area contributed by atoms with Crippen LogP contribution in [0.2, 0.25) is 0 Å². The first kappa shape index (κ1) is 23.3. The van der Waals surface area contributed by atoms with Gasteiger partial charge in [-0.3, -0.25) is 4.90 Å². The third-order valence-corrected chi connectivity index (χ3v) is 5.86. The predicted molar refractivity (Wildman–Crippen MR) is 119 cm³/mol. The van der Waals surface area contributed by atoms with Gasteiger partial charge in [0.15, 0.2) is 0 Å². The summed E-state index contributed by atoms with van der Waals surface area (Å²) in [6, 6.07) is 24.9. The van der Waals surface area contributed by atoms with E-state index in [1.54, 1.807) is 36.4 Å². The maximum atomic E-state index is 13.0. The van der Waals surface area contributed by atoms with Crippen molar-refractivity contribution in [3.63, 3.8) is 0 Å². The number of aliphatic hydroxyl groups is 1. The van der Waals surface area contributed by atoms with E-state index in [1.807, 2.05) is 36.4 Å². The van der Waals surface area contributed by atoms with Gasteiger partial charge in [-0.1, -0.05) is 78.9 Å². The molecule has 0 saturated carbocycles. The lowest BCUT2D eigenvalue weighted by molar-refractivity contribution is -0.275. The van der Waals surface area contributed by atoms with Crippen LogP contribution >= 0.6 is 0 Å². The Labute approximate surface area is 191 Å². The number of benzene rings is 3. The Kier molecular flexibility index (Phi) is 7.02. The second-order valence-corrected chi connectivity index (χ2v) is 8.20. The van der Waals surface area contributed by atoms with Crippen molar-refractivity contribution < 1.29 is 27.8 Å². The zero-order valence-corrected chi connectivity index (χ0v) is 18.0. The molecule has 1 N–H and O–H groups in total. The van der Waals surface area contributed by atoms with Gasteiger partial charge in [0, 0.05) is 26.1 Å². The van der Waals surface area contributed by atoms with Crippen LogP contribution in [0.15, 0.2) is 84.9 Å². The molecule has 3 aromatic rings. The molecule has 1 fully saturated rings. The van der Waals surface area contributed by atoms with Crippen LogP contribution in [0.25, 0.3) is 0 Å². The van der Waals surface area contributed by atoms with Gasteiger partial charge in [0.1, 0.15) is 17.5 Å². The second kappa shape index (κ2) is 9.95. The van der Waals surface area contributed by atoms with E-state index >= 15 is 0 Å². The summed E-state index contributed by atoms with van der Waals surface area (Å²) in [4.78, 5) is 2.19. The largest absolute Gasteiger partial charge is 0.573 e. The maximum absolute atomic E-state index is 13.0. The van der Waals surface area contributed by atoms with Gasteiger partial charge < -0.3 is 14.6 Å². The van der Waals surface area contributed by atoms with Crippen molar-refractivity contribution >= 4 is 0 Å². The first-order chi connectivity index (χ1) is 15.8. The van der Waals surface area contributed by atoms with Crippen molar-refractivity contribution in [2.75, 3.05) is 19.7 Å². The van der Waals surface area contributed by atoms with Crippen LogP contribution < -0.4 is 4.74 Å². The molecule has 33 heavy (non-hydrogen) atoms. The van der Waals surface area contributed by atoms with Crippen LogP contribution in [0.4, 0.5) is 13.2 Å². The molecule has 174 valence electrons. The Hall–Kier alpha value is -2.87. The molecule has 0 amide bonds. The molecular formula is C26H26F3NO3. The average Bonchev–Trinajstić information content (AvgIpc) is 2.81. The van der Waals surface area contributed by atoms with E-state index in [1.165, 1.54) is 12.1 Å². The van der Waals surface area contributed by atoms with Gasteiger partial charge in [0.25, 0.3) is 0 Å². The van der Waals surface area contributed by atoms with E-state index < -0.39 is 18.1 Å². The van der Waals surface area contributed by atoms with Crippen molar-refractivity contribution in [3.8, 4) is 5.75 Å². The lowest BCUT2D eigenvalue weighted by Crippen LogP contribution is -2.53. The van der Waals surface area contributed by atoms with Gasteiger partial charge in [-0.15, -0.1) is 13.2 Å². The number of nitrogens with zero attached hydrogens (tertiary/aromatic N) is 1. The van der Waals surface area contributed by atoms with E-state index in [2.05, 4.69) is 9.64 Å². The molecule has 2 atom stereocenters. The number of para-hydroxylation sites is 1. The molecule has 4 nitrogen and oxygen atoms in total. The lowest BCUT2D eigenvalue weighted by atomic mass is 9.81. The lowest BCUT2D eigenvalue weighted by Gasteiger charge is -2.42. The van der Waals surface area contributed by atoms with Gasteiger partial charge in [-0.2, -0.15) is 0 Å². The fourth-order valence-corrected chi connectivity index (χ4v) is 4.27. The number of hydrogen-bond acceptors (Lipinski definition) is 4. The molecule has 1 heterocycles. The van der Waals surface area contributed by atoms with Gasteiger partial charge in [0.05, 0.1) is 6.61 Å². The smallest absolute Gasteiger partial charge is 0.406 e. The highest BCUT2D eigenvalue weighted by Gasteiger charge is 2.43. The normalized spacial score (nSPS) is 19.1. The van der Waals surface area contributed by atoms with Gasteiger partial charge in [0.2, 0.25) is 0 Å². The number of rotatable bonds is 7. The van der Waals surface area contributed by atoms with Crippen LogP contribution in [0, 0.1) is 0 Å². The van der Waals surface area contributed by atoms with E-state index in [0.717, 1.165) is 5.56 Å². The van der Waals surface area contributed by atoms with E-state index in [-0.39, 0.29) is 17.7 Å². The number of alkyl halides is 3. The number of halogens is 3. The minimum atomic E-state index is -4.82. The zero-order valence-electron chi connectivity index (χ0n) is 18.0. The van der Waals surface area contributed by atoms with Crippen molar-refractivity contribution in [3.05, 3.63) is 102 Å². The number of hydrogen-bond donors (Lipinski definition) is 1. The quantitative estimate of drug-likeness (QED) is 0.547. The van der Waals surface area contributed by atoms with Gasteiger partial charge in [-0.05, 0) is 22.8 Å². The Bertz CT molecular complexity index is 1030. The molecule has 0 bridgehead atoms. The molecule has 4 rings (SSSR count). The van der Waals surface area contributed by atoms with Gasteiger partial charge in [-0.25, -0.2) is 0 Å². The van der Waals surface area contributed by atoms with Gasteiger partial charge >= 0.3 is 6.36 Å². The van der Waals surface area contributed by atoms with Crippen LogP contribution in [-0.4, -0.2) is 42.2 Å². The molecule has 0 spiro atoms. The molecule has 7 heteroatoms. The zero-order chi connectivity index (χ0) is 23.3. The Morgan fingerprint density at radius 2 is 1.55 bits per heavy atom. The molecule has 1 saturated heterocycles. The van der Waals surface area contributed by atoms with Crippen molar-refractivity contribution in [2.45, 2.75) is 31.0 Å². The van der Waals surface area contributed by atoms with E-state index in [4.69, 9.17) is 4.74 Å². The van der Waals surface area contributed by atoms with Crippen molar-refractivity contribution in [1.82, 2.24) is 4.90 Å². The van der Waals surface area contributed by atoms with Crippen LogP contribution in [-0.2, 0) is 23.3 Å². The van der Waals surface area contributed by atoms with Crippen LogP contribution in [0.1, 0.15) is 16.7 Å². The average molecular weight is 457 g/mol. The molecular weight excluding hydrogens is 431 g/mol. The second-order valence-electron chi connectivity index (χ2n) is 8.20. The minimum absolute atomic E-state index is 0.0902. The third kappa shape index (κ3) is 5.93. The maximum Gasteiger partial charge on any atom is 0.573 e. The molecule has 0 unspecified atom stereocenters. The molecule has 0 aromatic heterocycles. The first-order valence-electron chi connectivity index (χ1n) is 10.8. The summed E-state index contributed by atoms with van der Waals surface area (Å²) in [7, 11) is 0. The summed E-state index contributed by atoms with van der Waals surface area (Å²) < 4.78 is 49.2. The highest BCUT2D eigenvalue weighted by molar-refractivity contribution is 5.37. The SMILES string of the molecule is O[C@](Cc1ccccc1OC(F)(F)F)(c1ccccc1)[C@@H]1CN(Cc2ccccc2)CCO1. The Balaban J connectivity index is 1.63. The summed E-state index contributed by atoms with van der Waals surface area (Å²) in [6.45, 7) is 2.24. The monoisotopic (exact) mass is 457 g/mol. The van der Waals surface area contributed by atoms with E-state index in [0.29, 0.717) is 31.8 Å². The standard InChI is InChI=1S/C26H26F3NO3/c27-26(28,29)33-23-14-8-7-11-21(23)17-25(31,22-12-5-2-6-13-22)24-19-30(15-16-32-24)18-20-9-3-1-4-10-20/h1-14,24,31H,15-19H2/t24-,25+/m0/s1. The molecule has 1 aliphatic heterocycles. The highest BCUT2D eigenvalue weighted by atomic mass is 19.4. The van der Waals surface area contributed by atoms with Crippen LogP contribution in [0.3, 0.4) is 0 Å². The summed E-state index contributed by atoms with van der Waals surface area (Å²) >= 11 is 0. The number of morpholine rings is 1. The molecule has 0 radical (unpaired) electrons. The first-order valence-corrected chi connectivity index (χ1v) is 10.8. The summed E-state index contributed by atoms with van der Waals surface area (Å²) in [5.41, 5.74) is 0.426. The summed E-state index contributed by atoms with van der Waals surface area (Å²) in [5, 5.41) is 12.0. The molecule has 3 aromatic carbocycles. The van der Waals surface area contributed by atoms with Crippen molar-refractivity contribution in [1.29, 1.82) is 0 Å². The fourth-order valence-electron chi connectivity index (χ4n) is 4.27. The minimum Gasteiger partial charge on any atom is -0.406 e. The molecule has 0 aliphatic carbocycles. The topological polar surface area (TPSA) is 41.9 Å². The predicted octanol–water partition coefficient (Wildman–Crippen LogP) is 4.92.